The highest BCUT2D eigenvalue weighted by Crippen LogP contribution is 2.39. The Hall–Kier alpha value is -1.62. The molecule has 0 saturated carbocycles. The number of hydrogen-bond acceptors (Lipinski definition) is 7. The number of nitro benzene ring substituents is 1. The van der Waals surface area contributed by atoms with Gasteiger partial charge in [0.15, 0.2) is 16.4 Å². The summed E-state index contributed by atoms with van der Waals surface area (Å²) in [7, 11) is -4.17. The molecule has 3 N–H and O–H groups in total. The second-order valence-electron chi connectivity index (χ2n) is 5.52. The van der Waals surface area contributed by atoms with Crippen LogP contribution in [0.4, 0.5) is 5.69 Å². The van der Waals surface area contributed by atoms with Gasteiger partial charge in [0, 0.05) is 18.2 Å². The van der Waals surface area contributed by atoms with Gasteiger partial charge < -0.3 is 15.2 Å². The van der Waals surface area contributed by atoms with Crippen molar-refractivity contribution in [3.05, 3.63) is 22.2 Å². The Morgan fingerprint density at radius 1 is 1.24 bits per heavy atom. The van der Waals surface area contributed by atoms with Gasteiger partial charge in [0.2, 0.25) is 10.0 Å². The van der Waals surface area contributed by atoms with Crippen molar-refractivity contribution in [3.63, 3.8) is 0 Å². The number of nitrogens with one attached hydrogen (secondary N) is 1. The molecular weight excluding hydrogens is 374 g/mol. The van der Waals surface area contributed by atoms with Gasteiger partial charge in [0.05, 0.1) is 11.0 Å². The van der Waals surface area contributed by atoms with E-state index in [4.69, 9.17) is 15.2 Å². The number of benzene rings is 1. The van der Waals surface area contributed by atoms with Gasteiger partial charge in [0.1, 0.15) is 13.2 Å². The van der Waals surface area contributed by atoms with Crippen molar-refractivity contribution in [2.24, 2.45) is 5.73 Å². The van der Waals surface area contributed by atoms with Gasteiger partial charge in [-0.3, -0.25) is 10.1 Å². The van der Waals surface area contributed by atoms with Crippen LogP contribution in [0.15, 0.2) is 17.0 Å². The molecule has 25 heavy (non-hydrogen) atoms. The van der Waals surface area contributed by atoms with Crippen LogP contribution in [-0.4, -0.2) is 38.6 Å². The first-order valence-corrected chi connectivity index (χ1v) is 9.09. The lowest BCUT2D eigenvalue weighted by Gasteiger charge is -2.31. The van der Waals surface area contributed by atoms with Gasteiger partial charge in [-0.1, -0.05) is 13.8 Å². The SMILES string of the molecule is CCC(CC)(CN)NS(=O)(=O)c1cc2c(cc1[N+](=O)[O-])OCCO2.Cl. The largest absolute Gasteiger partial charge is 0.486 e. The molecule has 0 aliphatic carbocycles. The van der Waals surface area contributed by atoms with Crippen molar-refractivity contribution in [3.8, 4) is 11.5 Å². The third-order valence-electron chi connectivity index (χ3n) is 4.21. The number of nitro groups is 1. The number of sulfonamides is 1. The van der Waals surface area contributed by atoms with E-state index in [-0.39, 0.29) is 43.7 Å². The number of nitrogens with two attached hydrogens (primary N) is 1. The predicted molar refractivity (Wildman–Crippen MR) is 94.0 cm³/mol. The Labute approximate surface area is 152 Å². The Morgan fingerprint density at radius 3 is 2.20 bits per heavy atom. The number of halogens is 1. The lowest BCUT2D eigenvalue weighted by atomic mass is 9.95. The maximum absolute atomic E-state index is 12.8. The number of rotatable bonds is 7. The molecule has 9 nitrogen and oxygen atoms in total. The molecule has 0 unspecified atom stereocenters. The smallest absolute Gasteiger partial charge is 0.293 e. The molecule has 1 aromatic rings. The first-order chi connectivity index (χ1) is 11.3. The summed E-state index contributed by atoms with van der Waals surface area (Å²) in [5.74, 6) is 0.321. The van der Waals surface area contributed by atoms with E-state index in [1.165, 1.54) is 0 Å². The topological polar surface area (TPSA) is 134 Å². The van der Waals surface area contributed by atoms with Crippen LogP contribution in [0, 0.1) is 10.1 Å². The monoisotopic (exact) mass is 395 g/mol. The van der Waals surface area contributed by atoms with E-state index >= 15 is 0 Å². The van der Waals surface area contributed by atoms with E-state index in [0.717, 1.165) is 12.1 Å². The molecule has 0 aromatic heterocycles. The summed E-state index contributed by atoms with van der Waals surface area (Å²) in [6.07, 6.45) is 0.912. The van der Waals surface area contributed by atoms with Crippen LogP contribution < -0.4 is 19.9 Å². The zero-order chi connectivity index (χ0) is 18.0. The molecular formula is C14H22ClN3O6S. The average molecular weight is 396 g/mol. The average Bonchev–Trinajstić information content (AvgIpc) is 2.58. The van der Waals surface area contributed by atoms with Crippen LogP contribution in [0.1, 0.15) is 26.7 Å². The molecule has 142 valence electrons. The Morgan fingerprint density at radius 2 is 1.76 bits per heavy atom. The quantitative estimate of drug-likeness (QED) is 0.528. The summed E-state index contributed by atoms with van der Waals surface area (Å²) in [4.78, 5) is 10.1. The predicted octanol–water partition coefficient (Wildman–Crippen LogP) is 1.58. The van der Waals surface area contributed by atoms with Crippen LogP contribution >= 0.6 is 12.4 Å². The molecule has 0 saturated heterocycles. The number of hydrogen-bond donors (Lipinski definition) is 2. The van der Waals surface area contributed by atoms with Crippen molar-refractivity contribution < 1.29 is 22.8 Å². The van der Waals surface area contributed by atoms with Crippen molar-refractivity contribution >= 4 is 28.1 Å². The fourth-order valence-electron chi connectivity index (χ4n) is 2.48. The van der Waals surface area contributed by atoms with E-state index in [1.54, 1.807) is 13.8 Å². The summed E-state index contributed by atoms with van der Waals surface area (Å²) < 4.78 is 38.7. The van der Waals surface area contributed by atoms with E-state index in [9.17, 15) is 18.5 Å². The van der Waals surface area contributed by atoms with E-state index in [1.807, 2.05) is 0 Å². The van der Waals surface area contributed by atoms with Crippen LogP contribution in [-0.2, 0) is 10.0 Å². The zero-order valence-corrected chi connectivity index (χ0v) is 15.6. The normalized spacial score (nSPS) is 13.9. The molecule has 0 amide bonds. The molecule has 1 heterocycles. The van der Waals surface area contributed by atoms with Gasteiger partial charge in [-0.05, 0) is 12.8 Å². The standard InChI is InChI=1S/C14H21N3O6S.ClH/c1-3-14(4-2,9-15)16-24(20,21)13-8-12-11(22-5-6-23-12)7-10(13)17(18)19;/h7-8,16H,3-6,9,15H2,1-2H3;1H. The molecule has 2 rings (SSSR count). The lowest BCUT2D eigenvalue weighted by Crippen LogP contribution is -2.52. The molecule has 0 fully saturated rings. The Kier molecular flexibility index (Phi) is 7.00. The molecule has 0 bridgehead atoms. The first-order valence-electron chi connectivity index (χ1n) is 7.60. The van der Waals surface area contributed by atoms with Gasteiger partial charge >= 0.3 is 0 Å². The third kappa shape index (κ3) is 4.32. The minimum atomic E-state index is -4.17. The highest BCUT2D eigenvalue weighted by Gasteiger charge is 2.36. The molecule has 1 aliphatic rings. The first kappa shape index (κ1) is 21.4. The van der Waals surface area contributed by atoms with Crippen LogP contribution in [0.25, 0.3) is 0 Å². The Balaban J connectivity index is 0.00000312. The maximum Gasteiger partial charge on any atom is 0.293 e. The van der Waals surface area contributed by atoms with E-state index < -0.39 is 31.1 Å². The minimum Gasteiger partial charge on any atom is -0.486 e. The summed E-state index contributed by atoms with van der Waals surface area (Å²) >= 11 is 0. The zero-order valence-electron chi connectivity index (χ0n) is 14.0. The third-order valence-corrected chi connectivity index (χ3v) is 5.81. The number of ether oxygens (including phenoxy) is 2. The van der Waals surface area contributed by atoms with Crippen molar-refractivity contribution in [1.29, 1.82) is 0 Å². The summed E-state index contributed by atoms with van der Waals surface area (Å²) in [6.45, 7) is 4.18. The highest BCUT2D eigenvalue weighted by molar-refractivity contribution is 7.89. The maximum atomic E-state index is 12.8. The molecule has 0 spiro atoms. The van der Waals surface area contributed by atoms with Gasteiger partial charge in [-0.2, -0.15) is 0 Å². The van der Waals surface area contributed by atoms with Crippen LogP contribution in [0.3, 0.4) is 0 Å². The van der Waals surface area contributed by atoms with Crippen LogP contribution in [0.2, 0.25) is 0 Å². The molecule has 0 radical (unpaired) electrons. The van der Waals surface area contributed by atoms with Gasteiger partial charge in [0.25, 0.3) is 5.69 Å². The van der Waals surface area contributed by atoms with E-state index in [0.29, 0.717) is 12.8 Å². The van der Waals surface area contributed by atoms with Gasteiger partial charge in [-0.15, -0.1) is 12.4 Å². The molecule has 1 aliphatic heterocycles. The molecule has 0 atom stereocenters. The number of fused-ring (bicyclic) bond motifs is 1. The fourth-order valence-corrected chi connectivity index (χ4v) is 4.21. The lowest BCUT2D eigenvalue weighted by molar-refractivity contribution is -0.388. The second kappa shape index (κ2) is 8.17. The van der Waals surface area contributed by atoms with Crippen molar-refractivity contribution in [2.45, 2.75) is 37.1 Å². The summed E-state index contributed by atoms with van der Waals surface area (Å²) in [5, 5.41) is 11.3. The second-order valence-corrected chi connectivity index (χ2v) is 7.17. The van der Waals surface area contributed by atoms with Crippen molar-refractivity contribution in [1.82, 2.24) is 4.72 Å². The number of nitrogens with zero attached hydrogens (tertiary/aromatic N) is 1. The summed E-state index contributed by atoms with van der Waals surface area (Å²) in [5.41, 5.74) is 4.29. The Bertz CT molecular complexity index is 728. The van der Waals surface area contributed by atoms with Crippen LogP contribution in [0.5, 0.6) is 11.5 Å². The fraction of sp³-hybridized carbons (Fsp3) is 0.571. The van der Waals surface area contributed by atoms with Crippen molar-refractivity contribution in [2.75, 3.05) is 19.8 Å². The van der Waals surface area contributed by atoms with E-state index in [2.05, 4.69) is 4.72 Å². The summed E-state index contributed by atoms with van der Waals surface area (Å²) in [6, 6.07) is 2.20. The highest BCUT2D eigenvalue weighted by atomic mass is 35.5. The van der Waals surface area contributed by atoms with Gasteiger partial charge in [-0.25, -0.2) is 13.1 Å². The molecule has 11 heteroatoms. The molecule has 1 aromatic carbocycles. The minimum absolute atomic E-state index is 0.